The van der Waals surface area contributed by atoms with Crippen LogP contribution in [0.15, 0.2) is 24.3 Å². The second-order valence-electron chi connectivity index (χ2n) is 9.58. The van der Waals surface area contributed by atoms with Gasteiger partial charge < -0.3 is 14.7 Å². The smallest absolute Gasteiger partial charge is 0.142 e. The molecule has 0 bridgehead atoms. The van der Waals surface area contributed by atoms with E-state index in [2.05, 4.69) is 53.7 Å². The number of aliphatic hydroxyl groups is 1. The fraction of sp³-hybridized carbons (Fsp3) is 0.739. The van der Waals surface area contributed by atoms with Gasteiger partial charge in [0.1, 0.15) is 5.75 Å². The van der Waals surface area contributed by atoms with E-state index in [1.165, 1.54) is 18.5 Å². The number of para-hydroxylation sites is 2. The Morgan fingerprint density at radius 2 is 1.79 bits per heavy atom. The summed E-state index contributed by atoms with van der Waals surface area (Å²) >= 11 is 0. The third-order valence-corrected chi connectivity index (χ3v) is 6.18. The summed E-state index contributed by atoms with van der Waals surface area (Å²) in [5, 5.41) is 9.58. The standard InChI is InChI=1S/C23H39N3O2/c1-23(2,3)18-26-15-14-25(17-20(26)11-16-27)19-9-12-24(13-10-19)21-7-5-6-8-22(21)28-4/h5-8,19-20,27H,9-18H2,1-4H3/t20-/m0/s1. The van der Waals surface area contributed by atoms with Crippen molar-refractivity contribution in [2.24, 2.45) is 5.41 Å². The second kappa shape index (κ2) is 9.47. The Balaban J connectivity index is 1.57. The zero-order valence-corrected chi connectivity index (χ0v) is 18.2. The maximum Gasteiger partial charge on any atom is 0.142 e. The number of methoxy groups -OCH3 is 1. The molecule has 1 N–H and O–H groups in total. The van der Waals surface area contributed by atoms with Crippen LogP contribution in [0, 0.1) is 5.41 Å². The molecule has 28 heavy (non-hydrogen) atoms. The topological polar surface area (TPSA) is 39.2 Å². The van der Waals surface area contributed by atoms with Crippen molar-refractivity contribution in [3.8, 4) is 5.75 Å². The van der Waals surface area contributed by atoms with Crippen molar-refractivity contribution in [2.75, 3.05) is 57.9 Å². The first kappa shape index (κ1) is 21.4. The number of piperidine rings is 1. The first-order valence-electron chi connectivity index (χ1n) is 10.9. The summed E-state index contributed by atoms with van der Waals surface area (Å²) < 4.78 is 5.55. The Morgan fingerprint density at radius 1 is 1.07 bits per heavy atom. The van der Waals surface area contributed by atoms with E-state index in [-0.39, 0.29) is 6.61 Å². The molecule has 5 nitrogen and oxygen atoms in total. The molecule has 0 aliphatic carbocycles. The van der Waals surface area contributed by atoms with E-state index in [0.29, 0.717) is 17.5 Å². The van der Waals surface area contributed by atoms with Crippen LogP contribution in [0.5, 0.6) is 5.75 Å². The van der Waals surface area contributed by atoms with Crippen molar-refractivity contribution in [1.29, 1.82) is 0 Å². The first-order valence-corrected chi connectivity index (χ1v) is 10.9. The Hall–Kier alpha value is -1.30. The van der Waals surface area contributed by atoms with Crippen molar-refractivity contribution in [1.82, 2.24) is 9.80 Å². The molecule has 0 radical (unpaired) electrons. The highest BCUT2D eigenvalue weighted by molar-refractivity contribution is 5.58. The predicted octanol–water partition coefficient (Wildman–Crippen LogP) is 3.08. The molecule has 158 valence electrons. The molecule has 0 aromatic heterocycles. The second-order valence-corrected chi connectivity index (χ2v) is 9.58. The van der Waals surface area contributed by atoms with E-state index in [0.717, 1.165) is 51.4 Å². The van der Waals surface area contributed by atoms with Crippen LogP contribution in [0.25, 0.3) is 0 Å². The molecule has 2 aliphatic heterocycles. The van der Waals surface area contributed by atoms with Crippen LogP contribution in [0.2, 0.25) is 0 Å². The molecule has 2 heterocycles. The van der Waals surface area contributed by atoms with Gasteiger partial charge in [0.05, 0.1) is 12.8 Å². The minimum absolute atomic E-state index is 0.283. The Kier molecular flexibility index (Phi) is 7.24. The molecule has 0 spiro atoms. The molecule has 5 heteroatoms. The minimum Gasteiger partial charge on any atom is -0.495 e. The molecule has 2 aliphatic rings. The number of anilines is 1. The molecule has 0 unspecified atom stereocenters. The number of aliphatic hydroxyl groups excluding tert-OH is 1. The fourth-order valence-corrected chi connectivity index (χ4v) is 4.85. The van der Waals surface area contributed by atoms with E-state index in [9.17, 15) is 5.11 Å². The van der Waals surface area contributed by atoms with E-state index in [4.69, 9.17) is 4.74 Å². The van der Waals surface area contributed by atoms with Gasteiger partial charge in [0, 0.05) is 58.0 Å². The van der Waals surface area contributed by atoms with Crippen LogP contribution in [0.3, 0.4) is 0 Å². The van der Waals surface area contributed by atoms with Crippen molar-refractivity contribution in [3.05, 3.63) is 24.3 Å². The first-order chi connectivity index (χ1) is 13.4. The zero-order valence-electron chi connectivity index (χ0n) is 18.2. The van der Waals surface area contributed by atoms with Gasteiger partial charge in [-0.05, 0) is 36.8 Å². The highest BCUT2D eigenvalue weighted by Crippen LogP contribution is 2.31. The van der Waals surface area contributed by atoms with Crippen molar-refractivity contribution in [2.45, 2.75) is 52.1 Å². The average Bonchev–Trinajstić information content (AvgIpc) is 2.68. The molecule has 1 aromatic rings. The fourth-order valence-electron chi connectivity index (χ4n) is 4.85. The highest BCUT2D eigenvalue weighted by Gasteiger charge is 2.33. The van der Waals surface area contributed by atoms with Crippen LogP contribution in [0.1, 0.15) is 40.0 Å². The average molecular weight is 390 g/mol. The summed E-state index contributed by atoms with van der Waals surface area (Å²) in [5.74, 6) is 0.972. The summed E-state index contributed by atoms with van der Waals surface area (Å²) in [6.07, 6.45) is 3.28. The molecular formula is C23H39N3O2. The van der Waals surface area contributed by atoms with E-state index in [1.807, 2.05) is 6.07 Å². The number of rotatable bonds is 6. The Morgan fingerprint density at radius 3 is 2.43 bits per heavy atom. The number of piperazine rings is 1. The van der Waals surface area contributed by atoms with Gasteiger partial charge >= 0.3 is 0 Å². The molecule has 0 saturated carbocycles. The largest absolute Gasteiger partial charge is 0.495 e. The molecule has 1 aromatic carbocycles. The lowest BCUT2D eigenvalue weighted by molar-refractivity contribution is 0.0136. The molecule has 1 atom stereocenters. The third kappa shape index (κ3) is 5.40. The normalized spacial score (nSPS) is 23.2. The number of hydrogen-bond donors (Lipinski definition) is 1. The molecule has 2 saturated heterocycles. The number of hydrogen-bond acceptors (Lipinski definition) is 5. The zero-order chi connectivity index (χ0) is 20.1. The SMILES string of the molecule is COc1ccccc1N1CCC(N2CCN(CC(C)(C)C)[C@@H](CCO)C2)CC1. The van der Waals surface area contributed by atoms with Crippen molar-refractivity contribution in [3.63, 3.8) is 0 Å². The third-order valence-electron chi connectivity index (χ3n) is 6.18. The summed E-state index contributed by atoms with van der Waals surface area (Å²) in [5.41, 5.74) is 1.52. The van der Waals surface area contributed by atoms with E-state index < -0.39 is 0 Å². The lowest BCUT2D eigenvalue weighted by Gasteiger charge is -2.48. The van der Waals surface area contributed by atoms with E-state index >= 15 is 0 Å². The maximum atomic E-state index is 9.58. The molecule has 3 rings (SSSR count). The lowest BCUT2D eigenvalue weighted by atomic mass is 9.93. The van der Waals surface area contributed by atoms with Crippen LogP contribution in [-0.2, 0) is 0 Å². The Bertz CT molecular complexity index is 608. The van der Waals surface area contributed by atoms with Crippen LogP contribution in [0.4, 0.5) is 5.69 Å². The van der Waals surface area contributed by atoms with Gasteiger partial charge in [-0.1, -0.05) is 32.9 Å². The quantitative estimate of drug-likeness (QED) is 0.810. The van der Waals surface area contributed by atoms with Gasteiger partial charge in [-0.2, -0.15) is 0 Å². The molecule has 0 amide bonds. The number of ether oxygens (including phenoxy) is 1. The number of benzene rings is 1. The summed E-state index contributed by atoms with van der Waals surface area (Å²) in [6, 6.07) is 9.48. The summed E-state index contributed by atoms with van der Waals surface area (Å²) in [4.78, 5) is 7.77. The van der Waals surface area contributed by atoms with Crippen LogP contribution >= 0.6 is 0 Å². The minimum atomic E-state index is 0.283. The van der Waals surface area contributed by atoms with Gasteiger partial charge in [-0.3, -0.25) is 9.80 Å². The monoisotopic (exact) mass is 389 g/mol. The van der Waals surface area contributed by atoms with Gasteiger partial charge in [-0.25, -0.2) is 0 Å². The van der Waals surface area contributed by atoms with Gasteiger partial charge in [-0.15, -0.1) is 0 Å². The number of nitrogens with zero attached hydrogens (tertiary/aromatic N) is 3. The summed E-state index contributed by atoms with van der Waals surface area (Å²) in [7, 11) is 1.75. The maximum absolute atomic E-state index is 9.58. The summed E-state index contributed by atoms with van der Waals surface area (Å²) in [6.45, 7) is 13.8. The van der Waals surface area contributed by atoms with Crippen molar-refractivity contribution < 1.29 is 9.84 Å². The molecule has 2 fully saturated rings. The highest BCUT2D eigenvalue weighted by atomic mass is 16.5. The van der Waals surface area contributed by atoms with Gasteiger partial charge in [0.15, 0.2) is 0 Å². The predicted molar refractivity (Wildman–Crippen MR) is 116 cm³/mol. The van der Waals surface area contributed by atoms with Crippen molar-refractivity contribution >= 4 is 5.69 Å². The van der Waals surface area contributed by atoms with Crippen LogP contribution < -0.4 is 9.64 Å². The van der Waals surface area contributed by atoms with Crippen LogP contribution in [-0.4, -0.2) is 80.0 Å². The lowest BCUT2D eigenvalue weighted by Crippen LogP contribution is -2.58. The Labute approximate surface area is 171 Å². The molecular weight excluding hydrogens is 350 g/mol. The van der Waals surface area contributed by atoms with E-state index in [1.54, 1.807) is 7.11 Å². The van der Waals surface area contributed by atoms with Gasteiger partial charge in [0.25, 0.3) is 0 Å². The van der Waals surface area contributed by atoms with Gasteiger partial charge in [0.2, 0.25) is 0 Å².